The van der Waals surface area contributed by atoms with Crippen LogP contribution >= 0.6 is 0 Å². The molecule has 1 aromatic rings. The van der Waals surface area contributed by atoms with Crippen molar-refractivity contribution in [3.8, 4) is 5.75 Å². The molecule has 0 aliphatic heterocycles. The first-order valence-electron chi connectivity index (χ1n) is 7.15. The highest BCUT2D eigenvalue weighted by Gasteiger charge is 2.17. The van der Waals surface area contributed by atoms with E-state index in [9.17, 15) is 0 Å². The number of para-hydroxylation sites is 1. The summed E-state index contributed by atoms with van der Waals surface area (Å²) in [6, 6.07) is 9.03. The topological polar surface area (TPSA) is 21.3 Å². The van der Waals surface area contributed by atoms with Crippen LogP contribution in [-0.4, -0.2) is 19.7 Å². The van der Waals surface area contributed by atoms with E-state index >= 15 is 0 Å². The molecule has 1 aliphatic carbocycles. The summed E-state index contributed by atoms with van der Waals surface area (Å²) < 4.78 is 5.38. The molecule has 18 heavy (non-hydrogen) atoms. The molecule has 0 radical (unpaired) electrons. The molecule has 2 rings (SSSR count). The molecule has 0 heterocycles. The van der Waals surface area contributed by atoms with Crippen molar-refractivity contribution in [3.63, 3.8) is 0 Å². The summed E-state index contributed by atoms with van der Waals surface area (Å²) in [5.41, 5.74) is 1.30. The number of benzene rings is 1. The van der Waals surface area contributed by atoms with E-state index in [1.165, 1.54) is 31.2 Å². The average molecular weight is 247 g/mol. The zero-order valence-electron chi connectivity index (χ0n) is 11.6. The van der Waals surface area contributed by atoms with Crippen molar-refractivity contribution in [2.45, 2.75) is 45.1 Å². The van der Waals surface area contributed by atoms with Crippen molar-refractivity contribution in [3.05, 3.63) is 29.8 Å². The zero-order valence-corrected chi connectivity index (χ0v) is 11.6. The summed E-state index contributed by atoms with van der Waals surface area (Å²) in [6.07, 6.45) is 6.52. The Morgan fingerprint density at radius 2 is 2.11 bits per heavy atom. The molecule has 100 valence electrons. The molecule has 0 saturated heterocycles. The van der Waals surface area contributed by atoms with Crippen LogP contribution in [0.3, 0.4) is 0 Å². The predicted molar refractivity (Wildman–Crippen MR) is 76.1 cm³/mol. The molecular weight excluding hydrogens is 222 g/mol. The highest BCUT2D eigenvalue weighted by molar-refractivity contribution is 5.33. The third kappa shape index (κ3) is 3.74. The first-order valence-corrected chi connectivity index (χ1v) is 7.15. The third-order valence-electron chi connectivity index (χ3n) is 3.96. The minimum absolute atomic E-state index is 0.725. The number of methoxy groups -OCH3 is 1. The van der Waals surface area contributed by atoms with E-state index in [-0.39, 0.29) is 0 Å². The van der Waals surface area contributed by atoms with Crippen LogP contribution in [0.1, 0.15) is 38.2 Å². The maximum absolute atomic E-state index is 5.38. The van der Waals surface area contributed by atoms with Crippen molar-refractivity contribution >= 4 is 0 Å². The van der Waals surface area contributed by atoms with Gasteiger partial charge in [0.15, 0.2) is 0 Å². The molecule has 2 atom stereocenters. The molecule has 0 unspecified atom stereocenters. The molecule has 1 saturated carbocycles. The Morgan fingerprint density at radius 1 is 1.28 bits per heavy atom. The SMILES string of the molecule is COc1ccccc1CCN[C@H]1CCC[C@H](C)C1. The minimum atomic E-state index is 0.725. The molecule has 0 spiro atoms. The van der Waals surface area contributed by atoms with Crippen LogP contribution in [0.2, 0.25) is 0 Å². The number of ether oxygens (including phenoxy) is 1. The highest BCUT2D eigenvalue weighted by atomic mass is 16.5. The van der Waals surface area contributed by atoms with Gasteiger partial charge >= 0.3 is 0 Å². The van der Waals surface area contributed by atoms with Gasteiger partial charge in [-0.1, -0.05) is 38.0 Å². The fourth-order valence-electron chi connectivity index (χ4n) is 2.94. The van der Waals surface area contributed by atoms with Crippen molar-refractivity contribution in [1.29, 1.82) is 0 Å². The molecule has 1 aliphatic rings. The van der Waals surface area contributed by atoms with Gasteiger partial charge in [0.1, 0.15) is 5.75 Å². The predicted octanol–water partition coefficient (Wildman–Crippen LogP) is 3.41. The van der Waals surface area contributed by atoms with E-state index in [1.54, 1.807) is 7.11 Å². The summed E-state index contributed by atoms with van der Waals surface area (Å²) in [7, 11) is 1.75. The maximum atomic E-state index is 5.38. The van der Waals surface area contributed by atoms with Gasteiger partial charge in [-0.15, -0.1) is 0 Å². The van der Waals surface area contributed by atoms with Crippen LogP contribution in [0.4, 0.5) is 0 Å². The number of rotatable bonds is 5. The van der Waals surface area contributed by atoms with Gasteiger partial charge in [0.25, 0.3) is 0 Å². The molecule has 2 heteroatoms. The maximum Gasteiger partial charge on any atom is 0.122 e. The van der Waals surface area contributed by atoms with E-state index < -0.39 is 0 Å². The second-order valence-electron chi connectivity index (χ2n) is 5.48. The Morgan fingerprint density at radius 3 is 2.89 bits per heavy atom. The second-order valence-corrected chi connectivity index (χ2v) is 5.48. The smallest absolute Gasteiger partial charge is 0.122 e. The third-order valence-corrected chi connectivity index (χ3v) is 3.96. The molecule has 2 nitrogen and oxygen atoms in total. The lowest BCUT2D eigenvalue weighted by atomic mass is 9.87. The van der Waals surface area contributed by atoms with Crippen LogP contribution in [0.15, 0.2) is 24.3 Å². The highest BCUT2D eigenvalue weighted by Crippen LogP contribution is 2.23. The van der Waals surface area contributed by atoms with Gasteiger partial charge in [0.05, 0.1) is 7.11 Å². The molecule has 1 aromatic carbocycles. The van der Waals surface area contributed by atoms with E-state index in [0.29, 0.717) is 0 Å². The summed E-state index contributed by atoms with van der Waals surface area (Å²) >= 11 is 0. The summed E-state index contributed by atoms with van der Waals surface area (Å²) in [4.78, 5) is 0. The Balaban J connectivity index is 1.77. The monoisotopic (exact) mass is 247 g/mol. The van der Waals surface area contributed by atoms with Crippen molar-refractivity contribution in [2.24, 2.45) is 5.92 Å². The summed E-state index contributed by atoms with van der Waals surface area (Å²) in [6.45, 7) is 3.42. The largest absolute Gasteiger partial charge is 0.496 e. The van der Waals surface area contributed by atoms with Gasteiger partial charge < -0.3 is 10.1 Å². The summed E-state index contributed by atoms with van der Waals surface area (Å²) in [5, 5.41) is 3.70. The average Bonchev–Trinajstić information content (AvgIpc) is 2.39. The Labute approximate surface area is 111 Å². The number of hydrogen-bond donors (Lipinski definition) is 1. The molecule has 0 bridgehead atoms. The Bertz CT molecular complexity index is 364. The van der Waals surface area contributed by atoms with Crippen molar-refractivity contribution in [1.82, 2.24) is 5.32 Å². The summed E-state index contributed by atoms with van der Waals surface area (Å²) in [5.74, 6) is 1.90. The van der Waals surface area contributed by atoms with Crippen LogP contribution in [0.5, 0.6) is 5.75 Å². The fraction of sp³-hybridized carbons (Fsp3) is 0.625. The van der Waals surface area contributed by atoms with E-state index in [4.69, 9.17) is 4.74 Å². The van der Waals surface area contributed by atoms with Crippen LogP contribution in [0, 0.1) is 5.92 Å². The fourth-order valence-corrected chi connectivity index (χ4v) is 2.94. The lowest BCUT2D eigenvalue weighted by Crippen LogP contribution is -2.34. The van der Waals surface area contributed by atoms with Crippen LogP contribution in [0.25, 0.3) is 0 Å². The van der Waals surface area contributed by atoms with Gasteiger partial charge in [0, 0.05) is 6.04 Å². The van der Waals surface area contributed by atoms with Gasteiger partial charge in [-0.05, 0) is 43.4 Å². The molecule has 0 amide bonds. The number of nitrogens with one attached hydrogen (secondary N) is 1. The molecule has 1 fully saturated rings. The van der Waals surface area contributed by atoms with E-state index in [0.717, 1.165) is 30.7 Å². The van der Waals surface area contributed by atoms with Gasteiger partial charge in [-0.3, -0.25) is 0 Å². The van der Waals surface area contributed by atoms with Crippen LogP contribution in [-0.2, 0) is 6.42 Å². The van der Waals surface area contributed by atoms with E-state index in [1.807, 2.05) is 12.1 Å². The second kappa shape index (κ2) is 6.79. The first kappa shape index (κ1) is 13.4. The van der Waals surface area contributed by atoms with Crippen LogP contribution < -0.4 is 10.1 Å². The minimum Gasteiger partial charge on any atom is -0.496 e. The van der Waals surface area contributed by atoms with Crippen molar-refractivity contribution < 1.29 is 4.74 Å². The standard InChI is InChI=1S/C16H25NO/c1-13-6-5-8-15(12-13)17-11-10-14-7-3-4-9-16(14)18-2/h3-4,7,9,13,15,17H,5-6,8,10-12H2,1-2H3/t13-,15-/m0/s1. The molecular formula is C16H25NO. The number of hydrogen-bond acceptors (Lipinski definition) is 2. The zero-order chi connectivity index (χ0) is 12.8. The lowest BCUT2D eigenvalue weighted by molar-refractivity contribution is 0.302. The first-order chi connectivity index (χ1) is 8.79. The molecule has 0 aromatic heterocycles. The van der Waals surface area contributed by atoms with Gasteiger partial charge in [-0.25, -0.2) is 0 Å². The van der Waals surface area contributed by atoms with Crippen molar-refractivity contribution in [2.75, 3.05) is 13.7 Å². The van der Waals surface area contributed by atoms with Gasteiger partial charge in [-0.2, -0.15) is 0 Å². The molecule has 1 N–H and O–H groups in total. The normalized spacial score (nSPS) is 23.9. The Kier molecular flexibility index (Phi) is 5.06. The Hall–Kier alpha value is -1.02. The van der Waals surface area contributed by atoms with E-state index in [2.05, 4.69) is 24.4 Å². The lowest BCUT2D eigenvalue weighted by Gasteiger charge is -2.27. The van der Waals surface area contributed by atoms with Gasteiger partial charge in [0.2, 0.25) is 0 Å². The quantitative estimate of drug-likeness (QED) is 0.861.